The Hall–Kier alpha value is -2.83. The lowest BCUT2D eigenvalue weighted by molar-refractivity contribution is 0.309. The highest BCUT2D eigenvalue weighted by Crippen LogP contribution is 2.20. The van der Waals surface area contributed by atoms with E-state index in [2.05, 4.69) is 20.6 Å². The van der Waals surface area contributed by atoms with Gasteiger partial charge in [0.2, 0.25) is 0 Å². The van der Waals surface area contributed by atoms with Gasteiger partial charge in [-0.3, -0.25) is 4.99 Å². The second-order valence-corrected chi connectivity index (χ2v) is 6.85. The highest BCUT2D eigenvalue weighted by molar-refractivity contribution is 5.80. The van der Waals surface area contributed by atoms with Crippen LogP contribution in [0.5, 0.6) is 5.75 Å². The molecule has 150 valence electrons. The van der Waals surface area contributed by atoms with E-state index in [1.165, 1.54) is 6.07 Å². The number of aromatic nitrogens is 1. The van der Waals surface area contributed by atoms with E-state index in [-0.39, 0.29) is 11.9 Å². The standard InChI is InChI=1S/C21H28FN5O/c1-16-7-3-4-9-19(16)28-14-6-12-25-21(23-2)26-17-10-13-27(15-17)20-18(22)8-5-11-24-20/h3-5,7-9,11,17H,6,10,12-15H2,1-2H3,(H2,23,25,26). The quantitative estimate of drug-likeness (QED) is 0.436. The molecule has 1 aromatic carbocycles. The number of rotatable bonds is 7. The summed E-state index contributed by atoms with van der Waals surface area (Å²) in [7, 11) is 1.75. The first-order chi connectivity index (χ1) is 13.7. The van der Waals surface area contributed by atoms with Crippen LogP contribution in [0.15, 0.2) is 47.6 Å². The minimum Gasteiger partial charge on any atom is -0.493 e. The van der Waals surface area contributed by atoms with E-state index in [0.717, 1.165) is 43.2 Å². The number of aryl methyl sites for hydroxylation is 1. The first-order valence-electron chi connectivity index (χ1n) is 9.68. The molecule has 0 spiro atoms. The number of halogens is 1. The van der Waals surface area contributed by atoms with E-state index in [1.54, 1.807) is 19.3 Å². The monoisotopic (exact) mass is 385 g/mol. The molecule has 28 heavy (non-hydrogen) atoms. The molecule has 0 saturated carbocycles. The highest BCUT2D eigenvalue weighted by Gasteiger charge is 2.25. The average molecular weight is 385 g/mol. The molecule has 2 heterocycles. The molecule has 0 radical (unpaired) electrons. The molecule has 0 aliphatic carbocycles. The van der Waals surface area contributed by atoms with Crippen LogP contribution in [0.4, 0.5) is 10.2 Å². The molecule has 1 aliphatic rings. The van der Waals surface area contributed by atoms with E-state index < -0.39 is 0 Å². The molecule has 1 saturated heterocycles. The van der Waals surface area contributed by atoms with Crippen LogP contribution in [0.25, 0.3) is 0 Å². The zero-order chi connectivity index (χ0) is 19.8. The fourth-order valence-electron chi connectivity index (χ4n) is 3.25. The second-order valence-electron chi connectivity index (χ2n) is 6.85. The van der Waals surface area contributed by atoms with Crippen LogP contribution < -0.4 is 20.3 Å². The molecule has 0 amide bonds. The zero-order valence-corrected chi connectivity index (χ0v) is 16.5. The lowest BCUT2D eigenvalue weighted by atomic mass is 10.2. The van der Waals surface area contributed by atoms with Crippen molar-refractivity contribution in [3.63, 3.8) is 0 Å². The predicted octanol–water partition coefficient (Wildman–Crippen LogP) is 2.74. The number of benzene rings is 1. The molecule has 1 atom stereocenters. The van der Waals surface area contributed by atoms with E-state index in [4.69, 9.17) is 4.74 Å². The van der Waals surface area contributed by atoms with Gasteiger partial charge >= 0.3 is 0 Å². The largest absolute Gasteiger partial charge is 0.493 e. The molecule has 1 aliphatic heterocycles. The summed E-state index contributed by atoms with van der Waals surface area (Å²) in [5.41, 5.74) is 1.14. The summed E-state index contributed by atoms with van der Waals surface area (Å²) in [4.78, 5) is 10.4. The van der Waals surface area contributed by atoms with Crippen molar-refractivity contribution in [2.24, 2.45) is 4.99 Å². The number of hydrogen-bond acceptors (Lipinski definition) is 4. The first kappa shape index (κ1) is 19.9. The molecular weight excluding hydrogens is 357 g/mol. The summed E-state index contributed by atoms with van der Waals surface area (Å²) >= 11 is 0. The third-order valence-electron chi connectivity index (χ3n) is 4.76. The van der Waals surface area contributed by atoms with Crippen molar-refractivity contribution in [1.82, 2.24) is 15.6 Å². The molecule has 3 rings (SSSR count). The van der Waals surface area contributed by atoms with Crippen molar-refractivity contribution in [3.05, 3.63) is 54.0 Å². The van der Waals surface area contributed by atoms with Crippen molar-refractivity contribution in [3.8, 4) is 5.75 Å². The maximum atomic E-state index is 13.9. The number of guanidine groups is 1. The maximum Gasteiger partial charge on any atom is 0.191 e. The highest BCUT2D eigenvalue weighted by atomic mass is 19.1. The van der Waals surface area contributed by atoms with Gasteiger partial charge in [0.25, 0.3) is 0 Å². The van der Waals surface area contributed by atoms with Crippen LogP contribution in [-0.4, -0.2) is 50.3 Å². The van der Waals surface area contributed by atoms with Crippen molar-refractivity contribution < 1.29 is 9.13 Å². The number of para-hydroxylation sites is 1. The Bertz CT molecular complexity index is 798. The van der Waals surface area contributed by atoms with Crippen molar-refractivity contribution >= 4 is 11.8 Å². The SMILES string of the molecule is CN=C(NCCCOc1ccccc1C)NC1CCN(c2ncccc2F)C1. The van der Waals surface area contributed by atoms with E-state index in [9.17, 15) is 4.39 Å². The topological polar surface area (TPSA) is 61.8 Å². The van der Waals surface area contributed by atoms with E-state index >= 15 is 0 Å². The van der Waals surface area contributed by atoms with Crippen molar-refractivity contribution in [2.45, 2.75) is 25.8 Å². The van der Waals surface area contributed by atoms with E-state index in [0.29, 0.717) is 19.0 Å². The molecule has 2 aromatic rings. The van der Waals surface area contributed by atoms with Gasteiger partial charge in [-0.1, -0.05) is 18.2 Å². The fraction of sp³-hybridized carbons (Fsp3) is 0.429. The minimum absolute atomic E-state index is 0.204. The Morgan fingerprint density at radius 2 is 2.18 bits per heavy atom. The van der Waals surface area contributed by atoms with Gasteiger partial charge in [-0.25, -0.2) is 9.37 Å². The lowest BCUT2D eigenvalue weighted by Crippen LogP contribution is -2.45. The molecule has 1 fully saturated rings. The maximum absolute atomic E-state index is 13.9. The number of hydrogen-bond donors (Lipinski definition) is 2. The summed E-state index contributed by atoms with van der Waals surface area (Å²) in [5, 5.41) is 6.72. The number of pyridine rings is 1. The molecule has 6 nitrogen and oxygen atoms in total. The second kappa shape index (κ2) is 9.92. The van der Waals surface area contributed by atoms with Crippen molar-refractivity contribution in [2.75, 3.05) is 38.2 Å². The van der Waals surface area contributed by atoms with Crippen LogP contribution in [0.3, 0.4) is 0 Å². The minimum atomic E-state index is -0.278. The van der Waals surface area contributed by atoms with E-state index in [1.807, 2.05) is 36.1 Å². The summed E-state index contributed by atoms with van der Waals surface area (Å²) in [6, 6.07) is 11.3. The van der Waals surface area contributed by atoms with Crippen molar-refractivity contribution in [1.29, 1.82) is 0 Å². The number of aliphatic imine (C=N–C) groups is 1. The summed E-state index contributed by atoms with van der Waals surface area (Å²) in [5.74, 6) is 1.82. The van der Waals surface area contributed by atoms with Gasteiger partial charge in [0, 0.05) is 38.9 Å². The number of ether oxygens (including phenoxy) is 1. The Labute approximate surface area is 165 Å². The molecule has 1 unspecified atom stereocenters. The molecule has 2 N–H and O–H groups in total. The van der Waals surface area contributed by atoms with Crippen LogP contribution in [0.2, 0.25) is 0 Å². The fourth-order valence-corrected chi connectivity index (χ4v) is 3.25. The summed E-state index contributed by atoms with van der Waals surface area (Å²) in [6.45, 7) is 4.92. The normalized spacial score (nSPS) is 16.9. The van der Waals surface area contributed by atoms with Crippen LogP contribution in [0, 0.1) is 12.7 Å². The molecule has 7 heteroatoms. The van der Waals surface area contributed by atoms with Gasteiger partial charge < -0.3 is 20.3 Å². The average Bonchev–Trinajstić information content (AvgIpc) is 3.16. The van der Waals surface area contributed by atoms with Crippen LogP contribution in [0.1, 0.15) is 18.4 Å². The van der Waals surface area contributed by atoms with Gasteiger partial charge in [-0.2, -0.15) is 0 Å². The van der Waals surface area contributed by atoms with Crippen LogP contribution >= 0.6 is 0 Å². The van der Waals surface area contributed by atoms with Gasteiger partial charge in [0.15, 0.2) is 17.6 Å². The summed E-state index contributed by atoms with van der Waals surface area (Å²) < 4.78 is 19.7. The third kappa shape index (κ3) is 5.34. The Balaban J connectivity index is 1.38. The summed E-state index contributed by atoms with van der Waals surface area (Å²) in [6.07, 6.45) is 3.40. The Morgan fingerprint density at radius 3 is 2.96 bits per heavy atom. The zero-order valence-electron chi connectivity index (χ0n) is 16.5. The third-order valence-corrected chi connectivity index (χ3v) is 4.76. The van der Waals surface area contributed by atoms with Gasteiger partial charge in [0.1, 0.15) is 5.75 Å². The molecule has 0 bridgehead atoms. The first-order valence-corrected chi connectivity index (χ1v) is 9.68. The Kier molecular flexibility index (Phi) is 7.06. The Morgan fingerprint density at radius 1 is 1.32 bits per heavy atom. The number of nitrogens with zero attached hydrogens (tertiary/aromatic N) is 3. The lowest BCUT2D eigenvalue weighted by Gasteiger charge is -2.20. The smallest absolute Gasteiger partial charge is 0.191 e. The van der Waals surface area contributed by atoms with Gasteiger partial charge in [-0.15, -0.1) is 0 Å². The molecule has 1 aromatic heterocycles. The number of anilines is 1. The van der Waals surface area contributed by atoms with Crippen LogP contribution in [-0.2, 0) is 0 Å². The number of nitrogens with one attached hydrogen (secondary N) is 2. The van der Waals surface area contributed by atoms with Gasteiger partial charge in [0.05, 0.1) is 6.61 Å². The molecular formula is C21H28FN5O. The predicted molar refractivity (Wildman–Crippen MR) is 111 cm³/mol. The van der Waals surface area contributed by atoms with Gasteiger partial charge in [-0.05, 0) is 43.5 Å².